The first-order chi connectivity index (χ1) is 8.69. The van der Waals surface area contributed by atoms with Crippen molar-refractivity contribution in [2.75, 3.05) is 13.1 Å². The van der Waals surface area contributed by atoms with Gasteiger partial charge in [-0.15, -0.1) is 0 Å². The average molecular weight is 246 g/mol. The molecular weight excluding hydrogens is 231 g/mol. The molecule has 0 radical (unpaired) electrons. The number of benzene rings is 1. The van der Waals surface area contributed by atoms with Crippen molar-refractivity contribution in [2.45, 2.75) is 19.3 Å². The highest BCUT2D eigenvalue weighted by molar-refractivity contribution is 5.77. The van der Waals surface area contributed by atoms with Gasteiger partial charge in [-0.25, -0.2) is 4.39 Å². The number of carbonyl (C=O) groups excluding carboxylic acids is 1. The van der Waals surface area contributed by atoms with Crippen molar-refractivity contribution in [3.8, 4) is 6.07 Å². The van der Waals surface area contributed by atoms with Crippen molar-refractivity contribution in [1.29, 1.82) is 5.26 Å². The number of rotatable bonds is 3. The summed E-state index contributed by atoms with van der Waals surface area (Å²) < 4.78 is 12.7. The average Bonchev–Trinajstić information content (AvgIpc) is 2.40. The lowest BCUT2D eigenvalue weighted by Gasteiger charge is -2.29. The van der Waals surface area contributed by atoms with Gasteiger partial charge in [0.15, 0.2) is 0 Å². The lowest BCUT2D eigenvalue weighted by molar-refractivity contribution is -0.134. The Kier molecular flexibility index (Phi) is 3.93. The molecule has 1 aromatic rings. The third-order valence-electron chi connectivity index (χ3n) is 3.27. The number of amides is 1. The van der Waals surface area contributed by atoms with E-state index in [2.05, 4.69) is 6.07 Å². The molecule has 1 aliphatic heterocycles. The summed E-state index contributed by atoms with van der Waals surface area (Å²) >= 11 is 0. The summed E-state index contributed by atoms with van der Waals surface area (Å²) in [6.07, 6.45) is 1.83. The number of nitrogens with zero attached hydrogens (tertiary/aromatic N) is 2. The maximum atomic E-state index is 12.7. The number of hydrogen-bond donors (Lipinski definition) is 0. The fourth-order valence-corrected chi connectivity index (χ4v) is 2.15. The minimum Gasteiger partial charge on any atom is -0.341 e. The van der Waals surface area contributed by atoms with E-state index >= 15 is 0 Å². The van der Waals surface area contributed by atoms with Crippen LogP contribution in [0.3, 0.4) is 0 Å². The van der Waals surface area contributed by atoms with Gasteiger partial charge >= 0.3 is 0 Å². The van der Waals surface area contributed by atoms with Crippen LogP contribution in [0.5, 0.6) is 0 Å². The van der Waals surface area contributed by atoms with Crippen LogP contribution < -0.4 is 0 Å². The Balaban J connectivity index is 1.90. The van der Waals surface area contributed by atoms with Gasteiger partial charge in [-0.2, -0.15) is 5.26 Å². The monoisotopic (exact) mass is 246 g/mol. The van der Waals surface area contributed by atoms with E-state index in [1.807, 2.05) is 0 Å². The van der Waals surface area contributed by atoms with Crippen LogP contribution in [-0.2, 0) is 11.2 Å². The largest absolute Gasteiger partial charge is 0.341 e. The van der Waals surface area contributed by atoms with Crippen molar-refractivity contribution in [1.82, 2.24) is 4.90 Å². The Hall–Kier alpha value is -1.89. The number of likely N-dealkylation sites (tertiary alicyclic amines) is 1. The van der Waals surface area contributed by atoms with E-state index in [-0.39, 0.29) is 17.6 Å². The van der Waals surface area contributed by atoms with Gasteiger partial charge in [0.2, 0.25) is 5.91 Å². The van der Waals surface area contributed by atoms with E-state index in [0.717, 1.165) is 5.56 Å². The summed E-state index contributed by atoms with van der Waals surface area (Å²) in [5, 5.41) is 8.88. The summed E-state index contributed by atoms with van der Waals surface area (Å²) in [5.41, 5.74) is 1.00. The molecule has 2 rings (SSSR count). The predicted molar refractivity (Wildman–Crippen MR) is 65.0 cm³/mol. The first kappa shape index (κ1) is 12.6. The Bertz CT molecular complexity index is 464. The summed E-state index contributed by atoms with van der Waals surface area (Å²) in [5.74, 6) is -0.183. The first-order valence-electron chi connectivity index (χ1n) is 6.11. The van der Waals surface area contributed by atoms with E-state index in [4.69, 9.17) is 5.26 Å². The SMILES string of the molecule is N#CC1CCC(=O)N(CCc2ccc(F)cc2)C1. The zero-order chi connectivity index (χ0) is 13.0. The number of carbonyl (C=O) groups is 1. The molecule has 1 fully saturated rings. The summed E-state index contributed by atoms with van der Waals surface area (Å²) in [6.45, 7) is 1.12. The predicted octanol–water partition coefficient (Wildman–Crippen LogP) is 2.13. The van der Waals surface area contributed by atoms with Gasteiger partial charge in [0.25, 0.3) is 0 Å². The highest BCUT2D eigenvalue weighted by Crippen LogP contribution is 2.17. The first-order valence-corrected chi connectivity index (χ1v) is 6.11. The Morgan fingerprint density at radius 3 is 2.78 bits per heavy atom. The van der Waals surface area contributed by atoms with Gasteiger partial charge in [-0.05, 0) is 30.5 Å². The fourth-order valence-electron chi connectivity index (χ4n) is 2.15. The minimum atomic E-state index is -0.252. The number of halogens is 1. The van der Waals surface area contributed by atoms with Gasteiger partial charge < -0.3 is 4.90 Å². The highest BCUT2D eigenvalue weighted by atomic mass is 19.1. The van der Waals surface area contributed by atoms with Gasteiger partial charge in [0, 0.05) is 19.5 Å². The fraction of sp³-hybridized carbons (Fsp3) is 0.429. The Labute approximate surface area is 106 Å². The topological polar surface area (TPSA) is 44.1 Å². The van der Waals surface area contributed by atoms with Crippen molar-refractivity contribution in [3.63, 3.8) is 0 Å². The van der Waals surface area contributed by atoms with Crippen LogP contribution in [0.1, 0.15) is 18.4 Å². The third kappa shape index (κ3) is 3.07. The maximum Gasteiger partial charge on any atom is 0.222 e. The van der Waals surface area contributed by atoms with Crippen LogP contribution in [0.15, 0.2) is 24.3 Å². The van der Waals surface area contributed by atoms with Gasteiger partial charge in [0.1, 0.15) is 5.82 Å². The van der Waals surface area contributed by atoms with Crippen molar-refractivity contribution < 1.29 is 9.18 Å². The second-order valence-corrected chi connectivity index (χ2v) is 4.58. The minimum absolute atomic E-state index is 0.0454. The van der Waals surface area contributed by atoms with Crippen molar-refractivity contribution >= 4 is 5.91 Å². The standard InChI is InChI=1S/C14H15FN2O/c15-13-4-1-11(2-5-13)7-8-17-10-12(9-16)3-6-14(17)18/h1-2,4-5,12H,3,6-8,10H2. The van der Waals surface area contributed by atoms with Crippen LogP contribution in [0.25, 0.3) is 0 Å². The molecule has 0 aromatic heterocycles. The molecule has 0 aliphatic carbocycles. The van der Waals surface area contributed by atoms with Gasteiger partial charge in [-0.1, -0.05) is 12.1 Å². The molecule has 3 nitrogen and oxygen atoms in total. The number of hydrogen-bond acceptors (Lipinski definition) is 2. The molecular formula is C14H15FN2O. The highest BCUT2D eigenvalue weighted by Gasteiger charge is 2.24. The molecule has 0 saturated carbocycles. The normalized spacial score (nSPS) is 19.7. The summed E-state index contributed by atoms with van der Waals surface area (Å²) in [4.78, 5) is 13.4. The Morgan fingerprint density at radius 2 is 2.11 bits per heavy atom. The number of nitriles is 1. The molecule has 4 heteroatoms. The molecule has 0 N–H and O–H groups in total. The molecule has 0 spiro atoms. The molecule has 1 aliphatic rings. The zero-order valence-corrected chi connectivity index (χ0v) is 10.1. The van der Waals surface area contributed by atoms with E-state index in [0.29, 0.717) is 32.4 Å². The van der Waals surface area contributed by atoms with Crippen molar-refractivity contribution in [2.24, 2.45) is 5.92 Å². The van der Waals surface area contributed by atoms with E-state index in [1.54, 1.807) is 17.0 Å². The van der Waals surface area contributed by atoms with Crippen molar-refractivity contribution in [3.05, 3.63) is 35.6 Å². The molecule has 1 heterocycles. The molecule has 0 bridgehead atoms. The quantitative estimate of drug-likeness (QED) is 0.820. The van der Waals surface area contributed by atoms with E-state index in [1.165, 1.54) is 12.1 Å². The molecule has 1 amide bonds. The lowest BCUT2D eigenvalue weighted by Crippen LogP contribution is -2.40. The molecule has 94 valence electrons. The van der Waals surface area contributed by atoms with Crippen LogP contribution in [0, 0.1) is 23.1 Å². The van der Waals surface area contributed by atoms with Crippen LogP contribution in [0.2, 0.25) is 0 Å². The molecule has 1 unspecified atom stereocenters. The molecule has 1 atom stereocenters. The summed E-state index contributed by atoms with van der Waals surface area (Å²) in [6, 6.07) is 8.52. The second-order valence-electron chi connectivity index (χ2n) is 4.58. The van der Waals surface area contributed by atoms with Crippen LogP contribution in [0.4, 0.5) is 4.39 Å². The summed E-state index contributed by atoms with van der Waals surface area (Å²) in [7, 11) is 0. The number of piperidine rings is 1. The lowest BCUT2D eigenvalue weighted by atomic mass is 9.98. The Morgan fingerprint density at radius 1 is 1.39 bits per heavy atom. The second kappa shape index (κ2) is 5.63. The molecule has 1 saturated heterocycles. The van der Waals surface area contributed by atoms with Crippen LogP contribution in [-0.4, -0.2) is 23.9 Å². The van der Waals surface area contributed by atoms with Gasteiger partial charge in [0.05, 0.1) is 12.0 Å². The zero-order valence-electron chi connectivity index (χ0n) is 10.1. The van der Waals surface area contributed by atoms with Crippen LogP contribution >= 0.6 is 0 Å². The smallest absolute Gasteiger partial charge is 0.222 e. The molecule has 1 aromatic carbocycles. The molecule has 18 heavy (non-hydrogen) atoms. The third-order valence-corrected chi connectivity index (χ3v) is 3.27. The van der Waals surface area contributed by atoms with Gasteiger partial charge in [-0.3, -0.25) is 4.79 Å². The van der Waals surface area contributed by atoms with E-state index in [9.17, 15) is 9.18 Å². The van der Waals surface area contributed by atoms with E-state index < -0.39 is 0 Å². The maximum absolute atomic E-state index is 12.7.